The molecular weight excluding hydrogens is 191 g/mol. The molecule has 1 nitrogen and oxygen atoms in total. The molecule has 0 amide bonds. The second-order valence-electron chi connectivity index (χ2n) is 5.87. The van der Waals surface area contributed by atoms with Gasteiger partial charge in [-0.3, -0.25) is 4.39 Å². The zero-order valence-corrected chi connectivity index (χ0v) is 10.7. The maximum Gasteiger partial charge on any atom is 0.0947 e. The van der Waals surface area contributed by atoms with Gasteiger partial charge in [0.25, 0.3) is 0 Å². The molecule has 0 radical (unpaired) electrons. The largest absolute Gasteiger partial charge is 0.372 e. The quantitative estimate of drug-likeness (QED) is 0.679. The second-order valence-corrected chi connectivity index (χ2v) is 5.87. The Labute approximate surface area is 93.4 Å². The number of rotatable bonds is 5. The highest BCUT2D eigenvalue weighted by Crippen LogP contribution is 2.39. The van der Waals surface area contributed by atoms with E-state index >= 15 is 0 Å². The standard InChI is InChI=1S/C13H25FO/c1-9(2)11-6-12(7-11)15-13(4,5)10(3)8-14/h9-12H,6-8H2,1-5H3/t10-,11-,12+/m1/s1. The van der Waals surface area contributed by atoms with Crippen molar-refractivity contribution in [3.63, 3.8) is 0 Å². The molecule has 1 rings (SSSR count). The smallest absolute Gasteiger partial charge is 0.0947 e. The van der Waals surface area contributed by atoms with Gasteiger partial charge in [0.1, 0.15) is 0 Å². The highest BCUT2D eigenvalue weighted by Gasteiger charge is 2.37. The molecule has 0 N–H and O–H groups in total. The zero-order valence-electron chi connectivity index (χ0n) is 10.7. The van der Waals surface area contributed by atoms with Gasteiger partial charge in [-0.1, -0.05) is 20.8 Å². The number of hydrogen-bond acceptors (Lipinski definition) is 1. The Morgan fingerprint density at radius 1 is 1.27 bits per heavy atom. The zero-order chi connectivity index (χ0) is 11.6. The summed E-state index contributed by atoms with van der Waals surface area (Å²) in [5, 5.41) is 0. The van der Waals surface area contributed by atoms with Crippen LogP contribution in [0.4, 0.5) is 4.39 Å². The molecule has 0 bridgehead atoms. The van der Waals surface area contributed by atoms with Gasteiger partial charge in [-0.05, 0) is 38.5 Å². The molecule has 0 aromatic heterocycles. The first kappa shape index (κ1) is 13.0. The van der Waals surface area contributed by atoms with Crippen LogP contribution in [0, 0.1) is 17.8 Å². The van der Waals surface area contributed by atoms with E-state index in [1.54, 1.807) is 0 Å². The molecule has 1 aliphatic carbocycles. The average molecular weight is 216 g/mol. The number of ether oxygens (including phenoxy) is 1. The molecule has 0 spiro atoms. The first-order chi connectivity index (χ1) is 6.86. The summed E-state index contributed by atoms with van der Waals surface area (Å²) in [4.78, 5) is 0. The summed E-state index contributed by atoms with van der Waals surface area (Å²) in [6.45, 7) is 10.1. The van der Waals surface area contributed by atoms with Crippen LogP contribution in [-0.2, 0) is 4.74 Å². The lowest BCUT2D eigenvalue weighted by Crippen LogP contribution is -2.44. The molecule has 1 aliphatic rings. The van der Waals surface area contributed by atoms with Crippen LogP contribution in [0.1, 0.15) is 47.5 Å². The Bertz CT molecular complexity index is 195. The lowest BCUT2D eigenvalue weighted by molar-refractivity contribution is -0.150. The third-order valence-electron chi connectivity index (χ3n) is 3.96. The fourth-order valence-electron chi connectivity index (χ4n) is 1.98. The predicted molar refractivity (Wildman–Crippen MR) is 61.7 cm³/mol. The van der Waals surface area contributed by atoms with Gasteiger partial charge in [-0.25, -0.2) is 0 Å². The van der Waals surface area contributed by atoms with E-state index < -0.39 is 0 Å². The minimum Gasteiger partial charge on any atom is -0.372 e. The molecule has 90 valence electrons. The summed E-state index contributed by atoms with van der Waals surface area (Å²) >= 11 is 0. The van der Waals surface area contributed by atoms with Crippen LogP contribution in [0.3, 0.4) is 0 Å². The fourth-order valence-corrected chi connectivity index (χ4v) is 1.98. The summed E-state index contributed by atoms with van der Waals surface area (Å²) in [5.74, 6) is 1.55. The van der Waals surface area contributed by atoms with Crippen molar-refractivity contribution in [3.8, 4) is 0 Å². The van der Waals surface area contributed by atoms with Crippen LogP contribution in [0.2, 0.25) is 0 Å². The first-order valence-electron chi connectivity index (χ1n) is 6.10. The number of alkyl halides is 1. The van der Waals surface area contributed by atoms with E-state index in [2.05, 4.69) is 13.8 Å². The summed E-state index contributed by atoms with van der Waals surface area (Å²) in [6.07, 6.45) is 2.67. The SMILES string of the molecule is CC(C)[C@H]1C[C@@H](OC(C)(C)[C@H](C)CF)C1. The summed E-state index contributed by atoms with van der Waals surface area (Å²) in [5.41, 5.74) is -0.318. The monoisotopic (exact) mass is 216 g/mol. The molecule has 0 unspecified atom stereocenters. The average Bonchev–Trinajstić information content (AvgIpc) is 2.08. The van der Waals surface area contributed by atoms with Crippen molar-refractivity contribution in [2.45, 2.75) is 59.2 Å². The molecule has 1 saturated carbocycles. The molecule has 0 aliphatic heterocycles. The first-order valence-corrected chi connectivity index (χ1v) is 6.10. The van der Waals surface area contributed by atoms with Gasteiger partial charge in [-0.2, -0.15) is 0 Å². The molecule has 2 heteroatoms. The van der Waals surface area contributed by atoms with Crippen molar-refractivity contribution in [2.75, 3.05) is 6.67 Å². The van der Waals surface area contributed by atoms with Gasteiger partial charge in [-0.15, -0.1) is 0 Å². The lowest BCUT2D eigenvalue weighted by Gasteiger charge is -2.43. The van der Waals surface area contributed by atoms with Gasteiger partial charge in [0.15, 0.2) is 0 Å². The van der Waals surface area contributed by atoms with Crippen molar-refractivity contribution in [3.05, 3.63) is 0 Å². The molecule has 15 heavy (non-hydrogen) atoms. The summed E-state index contributed by atoms with van der Waals surface area (Å²) in [6, 6.07) is 0. The number of halogens is 1. The van der Waals surface area contributed by atoms with E-state index in [9.17, 15) is 4.39 Å². The molecule has 0 saturated heterocycles. The lowest BCUT2D eigenvalue weighted by atomic mass is 9.75. The maximum absolute atomic E-state index is 12.6. The van der Waals surface area contributed by atoms with Crippen molar-refractivity contribution < 1.29 is 9.13 Å². The van der Waals surface area contributed by atoms with Crippen LogP contribution in [0.5, 0.6) is 0 Å². The van der Waals surface area contributed by atoms with E-state index in [1.165, 1.54) is 0 Å². The molecule has 0 heterocycles. The van der Waals surface area contributed by atoms with E-state index in [0.29, 0.717) is 6.10 Å². The van der Waals surface area contributed by atoms with Crippen molar-refractivity contribution in [1.29, 1.82) is 0 Å². The molecule has 1 fully saturated rings. The molecule has 1 atom stereocenters. The van der Waals surface area contributed by atoms with Crippen LogP contribution in [0.15, 0.2) is 0 Å². The topological polar surface area (TPSA) is 9.23 Å². The Kier molecular flexibility index (Phi) is 4.16. The highest BCUT2D eigenvalue weighted by atomic mass is 19.1. The van der Waals surface area contributed by atoms with Crippen molar-refractivity contribution in [2.24, 2.45) is 17.8 Å². The molecular formula is C13H25FO. The van der Waals surface area contributed by atoms with Gasteiger partial charge >= 0.3 is 0 Å². The van der Waals surface area contributed by atoms with Crippen molar-refractivity contribution in [1.82, 2.24) is 0 Å². The molecule has 0 aromatic carbocycles. The minimum atomic E-state index is -0.318. The van der Waals surface area contributed by atoms with Gasteiger partial charge in [0.2, 0.25) is 0 Å². The normalized spacial score (nSPS) is 29.0. The highest BCUT2D eigenvalue weighted by molar-refractivity contribution is 4.86. The Hall–Kier alpha value is -0.110. The Balaban J connectivity index is 2.32. The second kappa shape index (κ2) is 4.82. The summed E-state index contributed by atoms with van der Waals surface area (Å²) < 4.78 is 18.5. The van der Waals surface area contributed by atoms with E-state index in [-0.39, 0.29) is 18.2 Å². The van der Waals surface area contributed by atoms with Crippen LogP contribution in [0.25, 0.3) is 0 Å². The van der Waals surface area contributed by atoms with Gasteiger partial charge < -0.3 is 4.74 Å². The predicted octanol–water partition coefficient (Wildman–Crippen LogP) is 3.82. The maximum atomic E-state index is 12.6. The Morgan fingerprint density at radius 3 is 2.20 bits per heavy atom. The third kappa shape index (κ3) is 3.17. The summed E-state index contributed by atoms with van der Waals surface area (Å²) in [7, 11) is 0. The Morgan fingerprint density at radius 2 is 1.80 bits per heavy atom. The van der Waals surface area contributed by atoms with Crippen LogP contribution in [-0.4, -0.2) is 18.4 Å². The number of hydrogen-bond donors (Lipinski definition) is 0. The van der Waals surface area contributed by atoms with Crippen LogP contribution >= 0.6 is 0 Å². The van der Waals surface area contributed by atoms with Crippen LogP contribution < -0.4 is 0 Å². The van der Waals surface area contributed by atoms with Gasteiger partial charge in [0.05, 0.1) is 18.4 Å². The third-order valence-corrected chi connectivity index (χ3v) is 3.96. The fraction of sp³-hybridized carbons (Fsp3) is 1.00. The van der Waals surface area contributed by atoms with E-state index in [0.717, 1.165) is 24.7 Å². The van der Waals surface area contributed by atoms with E-state index in [4.69, 9.17) is 4.74 Å². The van der Waals surface area contributed by atoms with E-state index in [1.807, 2.05) is 20.8 Å². The van der Waals surface area contributed by atoms with Gasteiger partial charge in [0, 0.05) is 5.92 Å². The minimum absolute atomic E-state index is 0.0180. The van der Waals surface area contributed by atoms with Crippen molar-refractivity contribution >= 4 is 0 Å². The molecule has 0 aromatic rings.